The van der Waals surface area contributed by atoms with Crippen molar-refractivity contribution in [3.63, 3.8) is 0 Å². The van der Waals surface area contributed by atoms with Crippen LogP contribution in [-0.4, -0.2) is 39.7 Å². The van der Waals surface area contributed by atoms with E-state index in [0.29, 0.717) is 36.2 Å². The molecular weight excluding hydrogens is 497 g/mol. The molecule has 0 aliphatic carbocycles. The Morgan fingerprint density at radius 1 is 1.25 bits per heavy atom. The van der Waals surface area contributed by atoms with E-state index in [2.05, 4.69) is 31.1 Å². The number of benzene rings is 1. The molecule has 170 valence electrons. The highest BCUT2D eigenvalue weighted by Crippen LogP contribution is 2.29. The lowest BCUT2D eigenvalue weighted by molar-refractivity contribution is -0.274. The van der Waals surface area contributed by atoms with Gasteiger partial charge < -0.3 is 14.8 Å². The van der Waals surface area contributed by atoms with Crippen molar-refractivity contribution >= 4 is 27.5 Å². The molecule has 8 nitrogen and oxygen atoms in total. The fourth-order valence-corrected chi connectivity index (χ4v) is 3.80. The molecule has 1 aliphatic heterocycles. The Bertz CT molecular complexity index is 1200. The number of nitrogens with zero attached hydrogens (tertiary/aromatic N) is 3. The number of carbonyl (C=O) groups is 1. The molecule has 1 fully saturated rings. The second kappa shape index (κ2) is 8.94. The van der Waals surface area contributed by atoms with E-state index in [1.54, 1.807) is 12.1 Å². The number of alkyl halides is 3. The first kappa shape index (κ1) is 22.3. The van der Waals surface area contributed by atoms with Crippen LogP contribution in [0.5, 0.6) is 5.75 Å². The minimum absolute atomic E-state index is 0.0714. The van der Waals surface area contributed by atoms with Crippen molar-refractivity contribution in [2.45, 2.75) is 31.8 Å². The summed E-state index contributed by atoms with van der Waals surface area (Å²) in [5.74, 6) is -0.977. The fourth-order valence-electron chi connectivity index (χ4n) is 3.46. The second-order valence-electron chi connectivity index (χ2n) is 7.20. The van der Waals surface area contributed by atoms with Crippen molar-refractivity contribution < 1.29 is 27.4 Å². The minimum atomic E-state index is -4.86. The van der Waals surface area contributed by atoms with E-state index in [1.807, 2.05) is 0 Å². The highest BCUT2D eigenvalue weighted by Gasteiger charge is 2.32. The molecule has 3 heterocycles. The van der Waals surface area contributed by atoms with Crippen LogP contribution in [0, 0.1) is 0 Å². The zero-order chi connectivity index (χ0) is 22.9. The predicted octanol–water partition coefficient (Wildman–Crippen LogP) is 3.44. The molecule has 0 radical (unpaired) electrons. The number of carbonyl (C=O) groups excluding carboxylic acids is 1. The molecule has 4 rings (SSSR count). The van der Waals surface area contributed by atoms with E-state index in [-0.39, 0.29) is 29.4 Å². The zero-order valence-electron chi connectivity index (χ0n) is 16.6. The minimum Gasteiger partial charge on any atom is -0.405 e. The van der Waals surface area contributed by atoms with Gasteiger partial charge in [-0.15, -0.1) is 18.3 Å². The molecule has 0 saturated carbocycles. The SMILES string of the molecule is O=C(NCc1ccc(Br)cc1OC(F)(F)F)c1ccc2nn(C3CCOCC3)c(=O)n2c1. The summed E-state index contributed by atoms with van der Waals surface area (Å²) in [7, 11) is 0. The normalized spacial score (nSPS) is 15.1. The largest absolute Gasteiger partial charge is 0.573 e. The molecule has 1 amide bonds. The van der Waals surface area contributed by atoms with Crippen LogP contribution in [0.3, 0.4) is 0 Å². The average Bonchev–Trinajstić information content (AvgIpc) is 3.08. The van der Waals surface area contributed by atoms with Crippen molar-refractivity contribution in [1.29, 1.82) is 0 Å². The van der Waals surface area contributed by atoms with E-state index in [4.69, 9.17) is 4.74 Å². The number of amides is 1. The summed E-state index contributed by atoms with van der Waals surface area (Å²) in [5.41, 5.74) is 0.341. The molecule has 1 aromatic carbocycles. The number of halogens is 4. The quantitative estimate of drug-likeness (QED) is 0.563. The molecule has 1 N–H and O–H groups in total. The Hall–Kier alpha value is -2.86. The molecule has 1 saturated heterocycles. The second-order valence-corrected chi connectivity index (χ2v) is 8.11. The number of hydrogen-bond acceptors (Lipinski definition) is 5. The van der Waals surface area contributed by atoms with Crippen LogP contribution in [0.4, 0.5) is 13.2 Å². The third kappa shape index (κ3) is 4.96. The van der Waals surface area contributed by atoms with Gasteiger partial charge in [0.25, 0.3) is 5.91 Å². The summed E-state index contributed by atoms with van der Waals surface area (Å²) in [6, 6.07) is 7.10. The first-order chi connectivity index (χ1) is 15.2. The number of aromatic nitrogens is 3. The third-order valence-electron chi connectivity index (χ3n) is 5.03. The predicted molar refractivity (Wildman–Crippen MR) is 111 cm³/mol. The van der Waals surface area contributed by atoms with Crippen molar-refractivity contribution in [2.24, 2.45) is 0 Å². The van der Waals surface area contributed by atoms with Crippen LogP contribution in [-0.2, 0) is 11.3 Å². The van der Waals surface area contributed by atoms with E-state index < -0.39 is 18.0 Å². The lowest BCUT2D eigenvalue weighted by Gasteiger charge is -2.20. The van der Waals surface area contributed by atoms with Crippen LogP contribution in [0.15, 0.2) is 45.8 Å². The van der Waals surface area contributed by atoms with Crippen LogP contribution in [0.25, 0.3) is 5.65 Å². The molecule has 2 aromatic heterocycles. The maximum absolute atomic E-state index is 12.8. The standard InChI is InChI=1S/C20H18BrF3N4O4/c21-14-3-1-12(16(9-14)32-20(22,23)24)10-25-18(29)13-2-4-17-26-28(19(30)27(17)11-13)15-5-7-31-8-6-15/h1-4,9,11,15H,5-8,10H2,(H,25,29). The molecular formula is C20H18BrF3N4O4. The van der Waals surface area contributed by atoms with Gasteiger partial charge in [0.2, 0.25) is 0 Å². The summed E-state index contributed by atoms with van der Waals surface area (Å²) in [6.07, 6.45) is -2.15. The summed E-state index contributed by atoms with van der Waals surface area (Å²) in [6.45, 7) is 0.898. The van der Waals surface area contributed by atoms with Crippen molar-refractivity contribution in [1.82, 2.24) is 19.5 Å². The summed E-state index contributed by atoms with van der Waals surface area (Å²) in [4.78, 5) is 25.4. The van der Waals surface area contributed by atoms with Crippen molar-refractivity contribution in [3.8, 4) is 5.75 Å². The van der Waals surface area contributed by atoms with Gasteiger partial charge in [-0.05, 0) is 37.1 Å². The van der Waals surface area contributed by atoms with Gasteiger partial charge in [-0.25, -0.2) is 13.9 Å². The van der Waals surface area contributed by atoms with Gasteiger partial charge in [0.15, 0.2) is 5.65 Å². The third-order valence-corrected chi connectivity index (χ3v) is 5.53. The van der Waals surface area contributed by atoms with Crippen LogP contribution in [0.1, 0.15) is 34.8 Å². The van der Waals surface area contributed by atoms with E-state index in [9.17, 15) is 22.8 Å². The number of hydrogen-bond donors (Lipinski definition) is 1. The van der Waals surface area contributed by atoms with E-state index in [0.717, 1.165) is 0 Å². The zero-order valence-corrected chi connectivity index (χ0v) is 18.1. The molecule has 0 bridgehead atoms. The van der Waals surface area contributed by atoms with Gasteiger partial charge in [-0.1, -0.05) is 22.0 Å². The molecule has 0 unspecified atom stereocenters. The number of fused-ring (bicyclic) bond motifs is 1. The number of ether oxygens (including phenoxy) is 2. The lowest BCUT2D eigenvalue weighted by Crippen LogP contribution is -2.30. The lowest BCUT2D eigenvalue weighted by atomic mass is 10.1. The maximum atomic E-state index is 12.8. The van der Waals surface area contributed by atoms with Gasteiger partial charge in [0.1, 0.15) is 5.75 Å². The van der Waals surface area contributed by atoms with Gasteiger partial charge in [0.05, 0.1) is 11.6 Å². The maximum Gasteiger partial charge on any atom is 0.573 e. The first-order valence-electron chi connectivity index (χ1n) is 9.72. The summed E-state index contributed by atoms with van der Waals surface area (Å²) >= 11 is 3.10. The summed E-state index contributed by atoms with van der Waals surface area (Å²) in [5, 5.41) is 6.89. The van der Waals surface area contributed by atoms with Gasteiger partial charge in [-0.3, -0.25) is 4.79 Å². The topological polar surface area (TPSA) is 86.9 Å². The van der Waals surface area contributed by atoms with Gasteiger partial charge >= 0.3 is 12.1 Å². The highest BCUT2D eigenvalue weighted by molar-refractivity contribution is 9.10. The molecule has 3 aromatic rings. The number of nitrogens with one attached hydrogen (secondary N) is 1. The number of pyridine rings is 1. The Labute approximate surface area is 188 Å². The van der Waals surface area contributed by atoms with Crippen LogP contribution < -0.4 is 15.7 Å². The Kier molecular flexibility index (Phi) is 6.24. The van der Waals surface area contributed by atoms with Gasteiger partial charge in [-0.2, -0.15) is 0 Å². The molecule has 0 spiro atoms. The van der Waals surface area contributed by atoms with E-state index >= 15 is 0 Å². The molecule has 1 aliphatic rings. The van der Waals surface area contributed by atoms with E-state index in [1.165, 1.54) is 33.5 Å². The fraction of sp³-hybridized carbons (Fsp3) is 0.350. The average molecular weight is 515 g/mol. The first-order valence-corrected chi connectivity index (χ1v) is 10.5. The smallest absolute Gasteiger partial charge is 0.405 e. The molecule has 12 heteroatoms. The van der Waals surface area contributed by atoms with Gasteiger partial charge in [0, 0.05) is 36.0 Å². The van der Waals surface area contributed by atoms with Crippen LogP contribution in [0.2, 0.25) is 0 Å². The van der Waals surface area contributed by atoms with Crippen LogP contribution >= 0.6 is 15.9 Å². The Balaban J connectivity index is 1.52. The van der Waals surface area contributed by atoms with Crippen molar-refractivity contribution in [3.05, 3.63) is 62.6 Å². The molecule has 0 atom stereocenters. The number of rotatable bonds is 5. The monoisotopic (exact) mass is 514 g/mol. The Morgan fingerprint density at radius 3 is 2.72 bits per heavy atom. The highest BCUT2D eigenvalue weighted by atomic mass is 79.9. The summed E-state index contributed by atoms with van der Waals surface area (Å²) < 4.78 is 50.4. The molecule has 32 heavy (non-hydrogen) atoms. The van der Waals surface area contributed by atoms with Crippen molar-refractivity contribution in [2.75, 3.05) is 13.2 Å². The Morgan fingerprint density at radius 2 is 2.00 bits per heavy atom.